The van der Waals surface area contributed by atoms with Crippen LogP contribution in [0, 0.1) is 5.92 Å². The van der Waals surface area contributed by atoms with Gasteiger partial charge in [-0.25, -0.2) is 0 Å². The molecule has 0 bridgehead atoms. The Morgan fingerprint density at radius 2 is 1.95 bits per heavy atom. The van der Waals surface area contributed by atoms with Crippen molar-refractivity contribution in [2.75, 3.05) is 32.8 Å². The molecule has 1 aliphatic heterocycles. The van der Waals surface area contributed by atoms with Crippen LogP contribution in [0.5, 0.6) is 0 Å². The predicted molar refractivity (Wildman–Crippen MR) is 88.7 cm³/mol. The summed E-state index contributed by atoms with van der Waals surface area (Å²) in [6.07, 6.45) is 3.37. The van der Waals surface area contributed by atoms with Crippen LogP contribution in [0.3, 0.4) is 0 Å². The third-order valence-electron chi connectivity index (χ3n) is 4.42. The highest BCUT2D eigenvalue weighted by molar-refractivity contribution is 6.30. The molecule has 1 atom stereocenters. The van der Waals surface area contributed by atoms with Gasteiger partial charge < -0.3 is 15.3 Å². The average molecular weight is 311 g/mol. The molecule has 0 amide bonds. The van der Waals surface area contributed by atoms with Crippen LogP contribution in [-0.4, -0.2) is 42.8 Å². The van der Waals surface area contributed by atoms with Crippen LogP contribution in [0.1, 0.15) is 37.8 Å². The van der Waals surface area contributed by atoms with Crippen LogP contribution < -0.4 is 5.32 Å². The zero-order valence-corrected chi connectivity index (χ0v) is 13.6. The molecule has 118 valence electrons. The van der Waals surface area contributed by atoms with E-state index in [1.807, 2.05) is 12.1 Å². The van der Waals surface area contributed by atoms with Crippen LogP contribution in [-0.2, 0) is 0 Å². The van der Waals surface area contributed by atoms with E-state index in [2.05, 4.69) is 29.3 Å². The van der Waals surface area contributed by atoms with Gasteiger partial charge in [0.25, 0.3) is 0 Å². The average Bonchev–Trinajstić information content (AvgIpc) is 2.53. The summed E-state index contributed by atoms with van der Waals surface area (Å²) in [5.41, 5.74) is 1.31. The maximum absolute atomic E-state index is 9.20. The molecule has 2 rings (SSSR count). The van der Waals surface area contributed by atoms with Crippen molar-refractivity contribution in [3.05, 3.63) is 34.9 Å². The summed E-state index contributed by atoms with van der Waals surface area (Å²) in [4.78, 5) is 2.52. The van der Waals surface area contributed by atoms with Gasteiger partial charge in [0.2, 0.25) is 0 Å². The molecule has 1 fully saturated rings. The lowest BCUT2D eigenvalue weighted by Gasteiger charge is -2.32. The van der Waals surface area contributed by atoms with Crippen molar-refractivity contribution in [3.8, 4) is 0 Å². The van der Waals surface area contributed by atoms with Gasteiger partial charge in [0.15, 0.2) is 0 Å². The molecule has 0 aliphatic carbocycles. The molecular formula is C17H27ClN2O. The minimum atomic E-state index is 0.346. The molecule has 4 heteroatoms. The second-order valence-corrected chi connectivity index (χ2v) is 6.35. The lowest BCUT2D eigenvalue weighted by Crippen LogP contribution is -2.37. The number of halogens is 1. The van der Waals surface area contributed by atoms with Gasteiger partial charge in [0.1, 0.15) is 0 Å². The first-order valence-electron chi connectivity index (χ1n) is 8.05. The van der Waals surface area contributed by atoms with Gasteiger partial charge in [-0.1, -0.05) is 30.7 Å². The van der Waals surface area contributed by atoms with E-state index in [0.29, 0.717) is 18.6 Å². The predicted octanol–water partition coefficient (Wildman–Crippen LogP) is 3.09. The lowest BCUT2D eigenvalue weighted by molar-refractivity contribution is 0.128. The quantitative estimate of drug-likeness (QED) is 0.812. The van der Waals surface area contributed by atoms with E-state index in [9.17, 15) is 5.11 Å². The maximum atomic E-state index is 9.20. The number of nitrogens with zero attached hydrogens (tertiary/aromatic N) is 1. The molecule has 3 nitrogen and oxygen atoms in total. The number of nitrogens with one attached hydrogen (secondary N) is 1. The van der Waals surface area contributed by atoms with Crippen LogP contribution in [0.15, 0.2) is 24.3 Å². The number of aliphatic hydroxyl groups excluding tert-OH is 1. The van der Waals surface area contributed by atoms with E-state index in [1.165, 1.54) is 5.56 Å². The topological polar surface area (TPSA) is 35.5 Å². The first-order valence-corrected chi connectivity index (χ1v) is 8.42. The molecule has 1 aliphatic rings. The van der Waals surface area contributed by atoms with Gasteiger partial charge in [-0.2, -0.15) is 0 Å². The third kappa shape index (κ3) is 5.26. The van der Waals surface area contributed by atoms with Crippen molar-refractivity contribution >= 4 is 11.6 Å². The molecule has 1 heterocycles. The summed E-state index contributed by atoms with van der Waals surface area (Å²) < 4.78 is 0. The Bertz CT molecular complexity index is 402. The molecule has 1 aromatic carbocycles. The number of hydrogen-bond donors (Lipinski definition) is 2. The zero-order chi connectivity index (χ0) is 15.1. The Labute approximate surface area is 133 Å². The lowest BCUT2D eigenvalue weighted by atomic mass is 9.97. The maximum Gasteiger partial charge on any atom is 0.0460 e. The summed E-state index contributed by atoms with van der Waals surface area (Å²) >= 11 is 5.97. The Morgan fingerprint density at radius 1 is 1.29 bits per heavy atom. The Kier molecular flexibility index (Phi) is 6.97. The standard InChI is InChI=1S/C17H27ClN2O/c1-2-19-17(15-3-5-16(18)6-4-15)9-12-20-10-7-14(13-21)8-11-20/h3-6,14,17,19,21H,2,7-13H2,1H3. The molecular weight excluding hydrogens is 284 g/mol. The number of aliphatic hydroxyl groups is 1. The van der Waals surface area contributed by atoms with Crippen molar-refractivity contribution in [1.29, 1.82) is 0 Å². The van der Waals surface area contributed by atoms with Gasteiger partial charge in [0, 0.05) is 17.7 Å². The van der Waals surface area contributed by atoms with Crippen molar-refractivity contribution in [2.24, 2.45) is 5.92 Å². The largest absolute Gasteiger partial charge is 0.396 e. The molecule has 1 aromatic rings. The van der Waals surface area contributed by atoms with Crippen LogP contribution >= 0.6 is 11.6 Å². The van der Waals surface area contributed by atoms with Crippen LogP contribution in [0.2, 0.25) is 5.02 Å². The van der Waals surface area contributed by atoms with E-state index in [1.54, 1.807) is 0 Å². The van der Waals surface area contributed by atoms with E-state index in [0.717, 1.165) is 50.5 Å². The first-order chi connectivity index (χ1) is 10.2. The fourth-order valence-corrected chi connectivity index (χ4v) is 3.16. The minimum Gasteiger partial charge on any atom is -0.396 e. The molecule has 2 N–H and O–H groups in total. The summed E-state index contributed by atoms with van der Waals surface area (Å²) in [6, 6.07) is 8.56. The molecule has 0 radical (unpaired) electrons. The fourth-order valence-electron chi connectivity index (χ4n) is 3.03. The Hall–Kier alpha value is -0.610. The van der Waals surface area contributed by atoms with Gasteiger partial charge in [-0.3, -0.25) is 0 Å². The normalized spacial score (nSPS) is 18.8. The Balaban J connectivity index is 1.84. The van der Waals surface area contributed by atoms with Crippen LogP contribution in [0.4, 0.5) is 0 Å². The summed E-state index contributed by atoms with van der Waals surface area (Å²) in [5.74, 6) is 0.516. The van der Waals surface area contributed by atoms with Crippen LogP contribution in [0.25, 0.3) is 0 Å². The SMILES string of the molecule is CCNC(CCN1CCC(CO)CC1)c1ccc(Cl)cc1. The zero-order valence-electron chi connectivity index (χ0n) is 12.9. The van der Waals surface area contributed by atoms with Crippen molar-refractivity contribution < 1.29 is 5.11 Å². The minimum absolute atomic E-state index is 0.346. The second-order valence-electron chi connectivity index (χ2n) is 5.92. The molecule has 0 spiro atoms. The summed E-state index contributed by atoms with van der Waals surface area (Å²) in [6.45, 7) is 6.81. The van der Waals surface area contributed by atoms with Gasteiger partial charge in [-0.15, -0.1) is 0 Å². The highest BCUT2D eigenvalue weighted by Gasteiger charge is 2.19. The smallest absolute Gasteiger partial charge is 0.0460 e. The number of benzene rings is 1. The Morgan fingerprint density at radius 3 is 2.52 bits per heavy atom. The van der Waals surface area contributed by atoms with E-state index in [4.69, 9.17) is 11.6 Å². The van der Waals surface area contributed by atoms with Crippen molar-refractivity contribution in [1.82, 2.24) is 10.2 Å². The monoisotopic (exact) mass is 310 g/mol. The summed E-state index contributed by atoms with van der Waals surface area (Å²) in [5, 5.41) is 13.6. The highest BCUT2D eigenvalue weighted by atomic mass is 35.5. The molecule has 21 heavy (non-hydrogen) atoms. The number of likely N-dealkylation sites (tertiary alicyclic amines) is 1. The molecule has 0 saturated carbocycles. The highest BCUT2D eigenvalue weighted by Crippen LogP contribution is 2.22. The van der Waals surface area contributed by atoms with E-state index in [-0.39, 0.29) is 0 Å². The number of piperidine rings is 1. The summed E-state index contributed by atoms with van der Waals surface area (Å²) in [7, 11) is 0. The molecule has 1 saturated heterocycles. The number of rotatable bonds is 7. The molecule has 0 aromatic heterocycles. The van der Waals surface area contributed by atoms with Gasteiger partial charge in [0.05, 0.1) is 0 Å². The van der Waals surface area contributed by atoms with Gasteiger partial charge >= 0.3 is 0 Å². The fraction of sp³-hybridized carbons (Fsp3) is 0.647. The van der Waals surface area contributed by atoms with E-state index < -0.39 is 0 Å². The van der Waals surface area contributed by atoms with Crippen molar-refractivity contribution in [3.63, 3.8) is 0 Å². The number of hydrogen-bond acceptors (Lipinski definition) is 3. The first kappa shape index (κ1) is 16.8. The van der Waals surface area contributed by atoms with Crippen molar-refractivity contribution in [2.45, 2.75) is 32.2 Å². The third-order valence-corrected chi connectivity index (χ3v) is 4.67. The second kappa shape index (κ2) is 8.74. The molecule has 1 unspecified atom stereocenters. The van der Waals surface area contributed by atoms with Gasteiger partial charge in [-0.05, 0) is 69.1 Å². The van der Waals surface area contributed by atoms with E-state index >= 15 is 0 Å².